The standard InChI is InChI=1S/C4H4FN2O2P/c5-2-1-7(10)4(9)6-3(2)8/h1H,10H2,(H,6,8,9). The number of nitrogens with one attached hydrogen (secondary N) is 1. The number of hydrogen-bond donors (Lipinski definition) is 1. The minimum atomic E-state index is -0.997. The number of hydrogen-bond acceptors (Lipinski definition) is 2. The summed E-state index contributed by atoms with van der Waals surface area (Å²) in [5, 5.41) is 0. The highest BCUT2D eigenvalue weighted by Gasteiger charge is 1.98. The molecule has 6 heteroatoms. The van der Waals surface area contributed by atoms with Gasteiger partial charge in [-0.15, -0.1) is 0 Å². The molecule has 0 saturated carbocycles. The van der Waals surface area contributed by atoms with Gasteiger partial charge in [0.15, 0.2) is 0 Å². The van der Waals surface area contributed by atoms with E-state index in [4.69, 9.17) is 0 Å². The van der Waals surface area contributed by atoms with Crippen LogP contribution in [0.1, 0.15) is 0 Å². The van der Waals surface area contributed by atoms with Gasteiger partial charge in [-0.3, -0.25) is 14.1 Å². The third-order valence-electron chi connectivity index (χ3n) is 0.924. The number of aromatic nitrogens is 2. The second-order valence-electron chi connectivity index (χ2n) is 1.64. The Bertz CT molecular complexity index is 324. The molecule has 1 aromatic rings. The molecule has 1 rings (SSSR count). The van der Waals surface area contributed by atoms with Crippen LogP contribution in [-0.4, -0.2) is 9.32 Å². The molecule has 0 fully saturated rings. The van der Waals surface area contributed by atoms with E-state index in [0.717, 1.165) is 10.5 Å². The first kappa shape index (κ1) is 7.15. The van der Waals surface area contributed by atoms with Crippen molar-refractivity contribution < 1.29 is 4.39 Å². The minimum absolute atomic E-state index is 0.656. The summed E-state index contributed by atoms with van der Waals surface area (Å²) in [6, 6.07) is 0. The lowest BCUT2D eigenvalue weighted by Gasteiger charge is -1.91. The Balaban J connectivity index is 3.59. The molecule has 0 bridgehead atoms. The molecule has 10 heavy (non-hydrogen) atoms. The topological polar surface area (TPSA) is 54.9 Å². The SMILES string of the molecule is O=c1[nH]c(=O)n(P)cc1F. The maximum absolute atomic E-state index is 12.2. The van der Waals surface area contributed by atoms with Crippen LogP contribution in [0, 0.1) is 5.82 Å². The monoisotopic (exact) mass is 162 g/mol. The zero-order valence-corrected chi connectivity index (χ0v) is 5.95. The van der Waals surface area contributed by atoms with Crippen LogP contribution in [0.2, 0.25) is 0 Å². The van der Waals surface area contributed by atoms with Crippen molar-refractivity contribution in [2.45, 2.75) is 0 Å². The number of halogens is 1. The average molecular weight is 162 g/mol. The van der Waals surface area contributed by atoms with Gasteiger partial charge in [0, 0.05) is 0 Å². The fourth-order valence-corrected chi connectivity index (χ4v) is 0.656. The Morgan fingerprint density at radius 1 is 1.60 bits per heavy atom. The molecule has 1 unspecified atom stereocenters. The first-order valence-corrected chi connectivity index (χ1v) is 2.89. The van der Waals surface area contributed by atoms with E-state index in [0.29, 0.717) is 0 Å². The highest BCUT2D eigenvalue weighted by atomic mass is 31.0. The molecule has 0 radical (unpaired) electrons. The van der Waals surface area contributed by atoms with Crippen LogP contribution < -0.4 is 11.2 Å². The lowest BCUT2D eigenvalue weighted by atomic mass is 10.6. The fourth-order valence-electron chi connectivity index (χ4n) is 0.461. The largest absolute Gasteiger partial charge is 0.331 e. The van der Waals surface area contributed by atoms with Gasteiger partial charge in [0.1, 0.15) is 0 Å². The molecule has 0 amide bonds. The van der Waals surface area contributed by atoms with E-state index in [1.165, 1.54) is 0 Å². The maximum atomic E-state index is 12.2. The second kappa shape index (κ2) is 2.34. The van der Waals surface area contributed by atoms with E-state index in [2.05, 4.69) is 0 Å². The maximum Gasteiger partial charge on any atom is 0.331 e. The van der Waals surface area contributed by atoms with E-state index in [-0.39, 0.29) is 0 Å². The van der Waals surface area contributed by atoms with Gasteiger partial charge >= 0.3 is 5.69 Å². The third kappa shape index (κ3) is 1.14. The highest BCUT2D eigenvalue weighted by molar-refractivity contribution is 7.14. The molecule has 0 aliphatic carbocycles. The average Bonchev–Trinajstić information content (AvgIpc) is 1.84. The van der Waals surface area contributed by atoms with Gasteiger partial charge in [0.25, 0.3) is 5.56 Å². The predicted octanol–water partition coefficient (Wildman–Crippen LogP) is -0.686. The van der Waals surface area contributed by atoms with Gasteiger partial charge in [0.05, 0.1) is 6.20 Å². The van der Waals surface area contributed by atoms with Crippen molar-refractivity contribution in [1.29, 1.82) is 0 Å². The number of aromatic amines is 1. The number of H-pyrrole nitrogens is 1. The van der Waals surface area contributed by atoms with Gasteiger partial charge < -0.3 is 0 Å². The molecule has 54 valence electrons. The van der Waals surface area contributed by atoms with Crippen molar-refractivity contribution >= 4 is 9.39 Å². The molecule has 1 aromatic heterocycles. The van der Waals surface area contributed by atoms with Gasteiger partial charge in [-0.05, 0) is 9.39 Å². The first-order valence-electron chi connectivity index (χ1n) is 2.38. The summed E-state index contributed by atoms with van der Waals surface area (Å²) in [6.07, 6.45) is 0.797. The van der Waals surface area contributed by atoms with E-state index >= 15 is 0 Å². The van der Waals surface area contributed by atoms with Crippen molar-refractivity contribution in [3.8, 4) is 0 Å². The van der Waals surface area contributed by atoms with Crippen LogP contribution in [0.3, 0.4) is 0 Å². The smallest absolute Gasteiger partial charge is 0.282 e. The number of rotatable bonds is 0. The normalized spacial score (nSPS) is 9.80. The summed E-state index contributed by atoms with van der Waals surface area (Å²) in [5.41, 5.74) is -1.65. The summed E-state index contributed by atoms with van der Waals surface area (Å²) in [7, 11) is 1.94. The van der Waals surface area contributed by atoms with Crippen LogP contribution in [0.25, 0.3) is 0 Å². The second-order valence-corrected chi connectivity index (χ2v) is 2.20. The predicted molar refractivity (Wildman–Crippen MR) is 36.4 cm³/mol. The quantitative estimate of drug-likeness (QED) is 0.513. The van der Waals surface area contributed by atoms with E-state index in [1.807, 2.05) is 9.39 Å². The van der Waals surface area contributed by atoms with Crippen molar-refractivity contribution in [1.82, 2.24) is 9.32 Å². The molecule has 1 heterocycles. The van der Waals surface area contributed by atoms with E-state index < -0.39 is 17.1 Å². The van der Waals surface area contributed by atoms with Gasteiger partial charge in [-0.1, -0.05) is 0 Å². The summed E-state index contributed by atoms with van der Waals surface area (Å²) in [4.78, 5) is 22.6. The Morgan fingerprint density at radius 3 is 2.70 bits per heavy atom. The molecule has 0 spiro atoms. The molecular weight excluding hydrogens is 158 g/mol. The summed E-state index contributed by atoms with van der Waals surface area (Å²) >= 11 is 0. The van der Waals surface area contributed by atoms with Crippen molar-refractivity contribution in [2.75, 3.05) is 0 Å². The van der Waals surface area contributed by atoms with E-state index in [1.54, 1.807) is 4.98 Å². The molecule has 0 aromatic carbocycles. The Labute approximate surface area is 57.0 Å². The molecule has 0 aliphatic rings. The Morgan fingerprint density at radius 2 is 2.20 bits per heavy atom. The van der Waals surface area contributed by atoms with E-state index in [9.17, 15) is 14.0 Å². The van der Waals surface area contributed by atoms with Crippen LogP contribution in [0.15, 0.2) is 15.8 Å². The molecular formula is C4H4FN2O2P. The molecule has 1 N–H and O–H groups in total. The summed E-state index contributed by atoms with van der Waals surface area (Å²) < 4.78 is 13.1. The summed E-state index contributed by atoms with van der Waals surface area (Å²) in [6.45, 7) is 0. The molecule has 4 nitrogen and oxygen atoms in total. The van der Waals surface area contributed by atoms with Gasteiger partial charge in [-0.2, -0.15) is 4.39 Å². The van der Waals surface area contributed by atoms with Crippen molar-refractivity contribution in [3.63, 3.8) is 0 Å². The van der Waals surface area contributed by atoms with Gasteiger partial charge in [0.2, 0.25) is 5.82 Å². The lowest BCUT2D eigenvalue weighted by molar-refractivity contribution is 0.593. The number of nitrogens with zero attached hydrogens (tertiary/aromatic N) is 1. The fraction of sp³-hybridized carbons (Fsp3) is 0. The van der Waals surface area contributed by atoms with Crippen LogP contribution >= 0.6 is 9.39 Å². The highest BCUT2D eigenvalue weighted by Crippen LogP contribution is 1.86. The van der Waals surface area contributed by atoms with Crippen LogP contribution in [0.5, 0.6) is 0 Å². The van der Waals surface area contributed by atoms with Crippen LogP contribution in [0.4, 0.5) is 4.39 Å². The van der Waals surface area contributed by atoms with Crippen molar-refractivity contribution in [2.24, 2.45) is 0 Å². The van der Waals surface area contributed by atoms with Crippen LogP contribution in [-0.2, 0) is 0 Å². The lowest BCUT2D eigenvalue weighted by Crippen LogP contribution is -2.27. The first-order chi connectivity index (χ1) is 4.61. The van der Waals surface area contributed by atoms with Gasteiger partial charge in [-0.25, -0.2) is 4.79 Å². The minimum Gasteiger partial charge on any atom is -0.282 e. The zero-order valence-electron chi connectivity index (χ0n) is 4.80. The molecule has 0 saturated heterocycles. The summed E-state index contributed by atoms with van der Waals surface area (Å²) in [5.74, 6) is -0.977. The molecule has 1 atom stereocenters. The zero-order chi connectivity index (χ0) is 7.72. The Hall–Kier alpha value is -0.960. The van der Waals surface area contributed by atoms with Crippen molar-refractivity contribution in [3.05, 3.63) is 32.9 Å². The Kier molecular flexibility index (Phi) is 1.68. The molecule has 0 aliphatic heterocycles. The third-order valence-corrected chi connectivity index (χ3v) is 1.31.